The van der Waals surface area contributed by atoms with Gasteiger partial charge in [0, 0.05) is 14.1 Å². The number of amides is 2. The number of halogens is 1. The van der Waals surface area contributed by atoms with Crippen molar-refractivity contribution >= 4 is 23.3 Å². The Labute approximate surface area is 93.8 Å². The lowest BCUT2D eigenvalue weighted by molar-refractivity contribution is 0.230. The van der Waals surface area contributed by atoms with Crippen LogP contribution in [0.5, 0.6) is 5.75 Å². The first-order valence-electron chi connectivity index (χ1n) is 4.37. The van der Waals surface area contributed by atoms with E-state index in [4.69, 9.17) is 16.3 Å². The Bertz CT molecular complexity index is 366. The molecule has 15 heavy (non-hydrogen) atoms. The van der Waals surface area contributed by atoms with Gasteiger partial charge in [0.25, 0.3) is 0 Å². The summed E-state index contributed by atoms with van der Waals surface area (Å²) in [6, 6.07) is 4.95. The lowest BCUT2D eigenvalue weighted by Gasteiger charge is -2.14. The van der Waals surface area contributed by atoms with Crippen LogP contribution in [0.25, 0.3) is 0 Å². The van der Waals surface area contributed by atoms with E-state index in [-0.39, 0.29) is 6.03 Å². The van der Waals surface area contributed by atoms with Crippen molar-refractivity contribution in [3.8, 4) is 5.75 Å². The molecule has 1 aromatic carbocycles. The van der Waals surface area contributed by atoms with Gasteiger partial charge in [-0.15, -0.1) is 0 Å². The number of ether oxygens (including phenoxy) is 1. The molecule has 0 atom stereocenters. The zero-order chi connectivity index (χ0) is 11.4. The molecule has 0 radical (unpaired) electrons. The van der Waals surface area contributed by atoms with Crippen molar-refractivity contribution in [3.05, 3.63) is 23.2 Å². The summed E-state index contributed by atoms with van der Waals surface area (Å²) >= 11 is 5.90. The van der Waals surface area contributed by atoms with Crippen LogP contribution in [-0.2, 0) is 0 Å². The van der Waals surface area contributed by atoms with E-state index in [1.165, 1.54) is 12.0 Å². The van der Waals surface area contributed by atoms with E-state index >= 15 is 0 Å². The number of carbonyl (C=O) groups excluding carboxylic acids is 1. The van der Waals surface area contributed by atoms with Crippen LogP contribution in [-0.4, -0.2) is 32.1 Å². The monoisotopic (exact) mass is 228 g/mol. The molecule has 0 saturated carbocycles. The first-order chi connectivity index (χ1) is 7.06. The second kappa shape index (κ2) is 4.89. The fourth-order valence-corrected chi connectivity index (χ4v) is 1.29. The van der Waals surface area contributed by atoms with E-state index in [1.807, 2.05) is 0 Å². The smallest absolute Gasteiger partial charge is 0.321 e. The highest BCUT2D eigenvalue weighted by Crippen LogP contribution is 2.32. The van der Waals surface area contributed by atoms with Gasteiger partial charge in [0.05, 0.1) is 17.8 Å². The lowest BCUT2D eigenvalue weighted by atomic mass is 10.3. The summed E-state index contributed by atoms with van der Waals surface area (Å²) in [6.45, 7) is 0. The summed E-state index contributed by atoms with van der Waals surface area (Å²) in [5, 5.41) is 3.15. The van der Waals surface area contributed by atoms with E-state index in [1.54, 1.807) is 32.3 Å². The molecular formula is C10H13ClN2O2. The zero-order valence-electron chi connectivity index (χ0n) is 8.87. The number of hydrogen-bond acceptors (Lipinski definition) is 2. The first kappa shape index (κ1) is 11.7. The molecule has 5 heteroatoms. The third-order valence-electron chi connectivity index (χ3n) is 1.82. The van der Waals surface area contributed by atoms with Crippen LogP contribution in [0, 0.1) is 0 Å². The Morgan fingerprint density at radius 2 is 2.13 bits per heavy atom. The van der Waals surface area contributed by atoms with Crippen molar-refractivity contribution < 1.29 is 9.53 Å². The second-order valence-electron chi connectivity index (χ2n) is 3.15. The fraction of sp³-hybridized carbons (Fsp3) is 0.300. The summed E-state index contributed by atoms with van der Waals surface area (Å²) in [5.74, 6) is 0.467. The predicted molar refractivity (Wildman–Crippen MR) is 60.7 cm³/mol. The normalized spacial score (nSPS) is 9.60. The molecule has 2 amide bonds. The molecule has 0 saturated heterocycles. The molecule has 0 aliphatic rings. The highest BCUT2D eigenvalue weighted by Gasteiger charge is 2.10. The average molecular weight is 229 g/mol. The van der Waals surface area contributed by atoms with Crippen LogP contribution in [0.4, 0.5) is 10.5 Å². The van der Waals surface area contributed by atoms with E-state index in [0.29, 0.717) is 16.5 Å². The van der Waals surface area contributed by atoms with Crippen molar-refractivity contribution in [1.82, 2.24) is 4.90 Å². The summed E-state index contributed by atoms with van der Waals surface area (Å²) in [4.78, 5) is 12.8. The van der Waals surface area contributed by atoms with Gasteiger partial charge in [-0.25, -0.2) is 4.79 Å². The van der Waals surface area contributed by atoms with Crippen LogP contribution in [0.2, 0.25) is 5.02 Å². The highest BCUT2D eigenvalue weighted by atomic mass is 35.5. The maximum atomic E-state index is 11.4. The molecule has 0 fully saturated rings. The molecular weight excluding hydrogens is 216 g/mol. The van der Waals surface area contributed by atoms with E-state index in [9.17, 15) is 4.79 Å². The number of hydrogen-bond donors (Lipinski definition) is 1. The van der Waals surface area contributed by atoms with E-state index in [2.05, 4.69) is 5.32 Å². The minimum absolute atomic E-state index is 0.226. The number of anilines is 1. The van der Waals surface area contributed by atoms with E-state index in [0.717, 1.165) is 0 Å². The molecule has 0 aromatic heterocycles. The fourth-order valence-electron chi connectivity index (χ4n) is 1.04. The van der Waals surface area contributed by atoms with Gasteiger partial charge < -0.3 is 15.0 Å². The van der Waals surface area contributed by atoms with Gasteiger partial charge in [0.1, 0.15) is 0 Å². The standard InChI is InChI=1S/C10H13ClN2O2/c1-13(2)10(14)12-8-6-4-5-7(11)9(8)15-3/h4-6H,1-3H3,(H,12,14). The Morgan fingerprint density at radius 3 is 2.67 bits per heavy atom. The zero-order valence-corrected chi connectivity index (χ0v) is 9.63. The van der Waals surface area contributed by atoms with Gasteiger partial charge in [-0.3, -0.25) is 0 Å². The maximum absolute atomic E-state index is 11.4. The molecule has 0 bridgehead atoms. The Morgan fingerprint density at radius 1 is 1.47 bits per heavy atom. The molecule has 0 aliphatic carbocycles. The number of methoxy groups -OCH3 is 1. The number of benzene rings is 1. The maximum Gasteiger partial charge on any atom is 0.321 e. The summed E-state index contributed by atoms with van der Waals surface area (Å²) in [6.07, 6.45) is 0. The van der Waals surface area contributed by atoms with Crippen LogP contribution in [0.15, 0.2) is 18.2 Å². The number of nitrogens with zero attached hydrogens (tertiary/aromatic N) is 1. The molecule has 0 heterocycles. The van der Waals surface area contributed by atoms with Gasteiger partial charge in [-0.05, 0) is 12.1 Å². The Kier molecular flexibility index (Phi) is 3.80. The van der Waals surface area contributed by atoms with Crippen LogP contribution in [0.1, 0.15) is 0 Å². The molecule has 1 rings (SSSR count). The van der Waals surface area contributed by atoms with Gasteiger partial charge >= 0.3 is 6.03 Å². The molecule has 0 unspecified atom stereocenters. The van der Waals surface area contributed by atoms with Crippen molar-refractivity contribution in [2.45, 2.75) is 0 Å². The van der Waals surface area contributed by atoms with Gasteiger partial charge in [0.2, 0.25) is 0 Å². The Hall–Kier alpha value is -1.42. The van der Waals surface area contributed by atoms with Gasteiger partial charge in [-0.2, -0.15) is 0 Å². The summed E-state index contributed by atoms with van der Waals surface area (Å²) in [5.41, 5.74) is 0.559. The third-order valence-corrected chi connectivity index (χ3v) is 2.12. The quantitative estimate of drug-likeness (QED) is 0.845. The first-order valence-corrected chi connectivity index (χ1v) is 4.75. The van der Waals surface area contributed by atoms with Crippen molar-refractivity contribution in [2.75, 3.05) is 26.5 Å². The molecule has 1 N–H and O–H groups in total. The SMILES string of the molecule is COc1c(Cl)cccc1NC(=O)N(C)C. The predicted octanol–water partition coefficient (Wildman–Crippen LogP) is 2.44. The Balaban J connectivity index is 2.94. The lowest BCUT2D eigenvalue weighted by Crippen LogP contribution is -2.27. The number of rotatable bonds is 2. The van der Waals surface area contributed by atoms with Crippen LogP contribution >= 0.6 is 11.6 Å². The number of nitrogens with one attached hydrogen (secondary N) is 1. The molecule has 4 nitrogen and oxygen atoms in total. The molecule has 82 valence electrons. The largest absolute Gasteiger partial charge is 0.493 e. The third kappa shape index (κ3) is 2.76. The van der Waals surface area contributed by atoms with Crippen LogP contribution < -0.4 is 10.1 Å². The van der Waals surface area contributed by atoms with Crippen molar-refractivity contribution in [1.29, 1.82) is 0 Å². The summed E-state index contributed by atoms with van der Waals surface area (Å²) in [7, 11) is 4.82. The topological polar surface area (TPSA) is 41.6 Å². The minimum Gasteiger partial charge on any atom is -0.493 e. The summed E-state index contributed by atoms with van der Waals surface area (Å²) < 4.78 is 5.09. The van der Waals surface area contributed by atoms with Gasteiger partial charge in [-0.1, -0.05) is 17.7 Å². The molecule has 0 spiro atoms. The molecule has 1 aromatic rings. The number of para-hydroxylation sites is 1. The van der Waals surface area contributed by atoms with Crippen molar-refractivity contribution in [3.63, 3.8) is 0 Å². The van der Waals surface area contributed by atoms with Gasteiger partial charge in [0.15, 0.2) is 5.75 Å². The van der Waals surface area contributed by atoms with Crippen LogP contribution in [0.3, 0.4) is 0 Å². The van der Waals surface area contributed by atoms with Crippen molar-refractivity contribution in [2.24, 2.45) is 0 Å². The highest BCUT2D eigenvalue weighted by molar-refractivity contribution is 6.32. The number of urea groups is 1. The van der Waals surface area contributed by atoms with E-state index < -0.39 is 0 Å². The average Bonchev–Trinajstić information content (AvgIpc) is 2.18. The second-order valence-corrected chi connectivity index (χ2v) is 3.55. The number of carbonyl (C=O) groups is 1. The minimum atomic E-state index is -0.226. The molecule has 0 aliphatic heterocycles.